The van der Waals surface area contributed by atoms with Crippen LogP contribution in [-0.4, -0.2) is 17.9 Å². The van der Waals surface area contributed by atoms with Crippen molar-refractivity contribution in [3.8, 4) is 0 Å². The predicted octanol–water partition coefficient (Wildman–Crippen LogP) is 3.53. The van der Waals surface area contributed by atoms with Gasteiger partial charge in [0.25, 0.3) is 11.8 Å². The number of anilines is 1. The fourth-order valence-electron chi connectivity index (χ4n) is 2.40. The lowest BCUT2D eigenvalue weighted by molar-refractivity contribution is -0.123. The summed E-state index contributed by atoms with van der Waals surface area (Å²) in [5, 5.41) is 2.55. The molecule has 0 radical (unpaired) electrons. The van der Waals surface area contributed by atoms with Crippen LogP contribution in [0, 0.1) is 29.2 Å². The largest absolute Gasteiger partial charge is 0.340 e. The molecule has 0 spiro atoms. The van der Waals surface area contributed by atoms with Crippen molar-refractivity contribution >= 4 is 17.5 Å². The van der Waals surface area contributed by atoms with Crippen LogP contribution in [0.5, 0.6) is 0 Å². The molecule has 0 aliphatic carbocycles. The molecule has 2 unspecified atom stereocenters. The Morgan fingerprint density at radius 2 is 1.57 bits per heavy atom. The van der Waals surface area contributed by atoms with E-state index in [-0.39, 0.29) is 12.0 Å². The Balaban J connectivity index is 2.15. The van der Waals surface area contributed by atoms with E-state index in [2.05, 4.69) is 5.32 Å². The number of benzene rings is 2. The minimum atomic E-state index is -1.69. The normalized spacial score (nSPS) is 12.8. The average molecular weight is 397 g/mol. The molecule has 0 aliphatic rings. The Kier molecular flexibility index (Phi) is 6.97. The van der Waals surface area contributed by atoms with Gasteiger partial charge in [0.2, 0.25) is 0 Å². The molecule has 0 fully saturated rings. The highest BCUT2D eigenvalue weighted by atomic mass is 19.2. The van der Waals surface area contributed by atoms with E-state index in [4.69, 9.17) is 0 Å². The Morgan fingerprint density at radius 3 is 2.11 bits per heavy atom. The summed E-state index contributed by atoms with van der Waals surface area (Å²) < 4.78 is 53.9. The molecule has 2 amide bonds. The molecular weight excluding hydrogens is 378 g/mol. The van der Waals surface area contributed by atoms with Crippen molar-refractivity contribution in [1.82, 2.24) is 10.7 Å². The maximum atomic E-state index is 13.7. The molecule has 2 aromatic rings. The highest BCUT2D eigenvalue weighted by molar-refractivity contribution is 5.97. The van der Waals surface area contributed by atoms with E-state index in [1.165, 1.54) is 0 Å². The highest BCUT2D eigenvalue weighted by Crippen LogP contribution is 2.23. The van der Waals surface area contributed by atoms with Crippen LogP contribution in [0.25, 0.3) is 0 Å². The number of hydrogen-bond donors (Lipinski definition) is 3. The minimum absolute atomic E-state index is 0.0553. The topological polar surface area (TPSA) is 70.2 Å². The molecule has 5 nitrogen and oxygen atoms in total. The first-order valence-corrected chi connectivity index (χ1v) is 8.51. The molecule has 0 saturated carbocycles. The van der Waals surface area contributed by atoms with Gasteiger partial charge in [-0.2, -0.15) is 0 Å². The lowest BCUT2D eigenvalue weighted by Gasteiger charge is -2.24. The van der Waals surface area contributed by atoms with Gasteiger partial charge in [0.15, 0.2) is 23.3 Å². The number of amides is 2. The SMILES string of the molecule is CCC(C)C(NC(=O)c1ccccc1)C(=O)NNc1c(F)c(F)cc(F)c1F. The Labute approximate surface area is 159 Å². The second-order valence-electron chi connectivity index (χ2n) is 6.16. The molecule has 150 valence electrons. The minimum Gasteiger partial charge on any atom is -0.340 e. The molecule has 0 aromatic heterocycles. The van der Waals surface area contributed by atoms with Crippen molar-refractivity contribution < 1.29 is 27.2 Å². The number of halogens is 4. The first kappa shape index (κ1) is 21.2. The van der Waals surface area contributed by atoms with Gasteiger partial charge < -0.3 is 5.32 Å². The van der Waals surface area contributed by atoms with Crippen LogP contribution in [0.3, 0.4) is 0 Å². The fourth-order valence-corrected chi connectivity index (χ4v) is 2.40. The van der Waals surface area contributed by atoms with Crippen LogP contribution in [0.15, 0.2) is 36.4 Å². The maximum absolute atomic E-state index is 13.7. The summed E-state index contributed by atoms with van der Waals surface area (Å²) in [5.74, 6) is -8.30. The molecule has 9 heteroatoms. The third-order valence-corrected chi connectivity index (χ3v) is 4.24. The summed E-state index contributed by atoms with van der Waals surface area (Å²) in [7, 11) is 0. The monoisotopic (exact) mass is 397 g/mol. The molecule has 28 heavy (non-hydrogen) atoms. The van der Waals surface area contributed by atoms with Crippen molar-refractivity contribution in [1.29, 1.82) is 0 Å². The van der Waals surface area contributed by atoms with Gasteiger partial charge in [0.05, 0.1) is 0 Å². The number of carbonyl (C=O) groups excluding carboxylic acids is 2. The van der Waals surface area contributed by atoms with Crippen LogP contribution < -0.4 is 16.2 Å². The molecule has 3 N–H and O–H groups in total. The zero-order valence-electron chi connectivity index (χ0n) is 15.2. The van der Waals surface area contributed by atoms with Crippen molar-refractivity contribution in [2.24, 2.45) is 5.92 Å². The molecule has 0 bridgehead atoms. The van der Waals surface area contributed by atoms with Crippen LogP contribution in [-0.2, 0) is 4.79 Å². The predicted molar refractivity (Wildman–Crippen MR) is 95.2 cm³/mol. The van der Waals surface area contributed by atoms with Gasteiger partial charge in [-0.25, -0.2) is 17.6 Å². The van der Waals surface area contributed by atoms with E-state index < -0.39 is 46.8 Å². The Morgan fingerprint density at radius 1 is 1.00 bits per heavy atom. The van der Waals surface area contributed by atoms with E-state index in [1.807, 2.05) is 10.9 Å². The van der Waals surface area contributed by atoms with Crippen molar-refractivity contribution in [2.45, 2.75) is 26.3 Å². The van der Waals surface area contributed by atoms with E-state index in [1.54, 1.807) is 44.2 Å². The summed E-state index contributed by atoms with van der Waals surface area (Å²) >= 11 is 0. The lowest BCUT2D eigenvalue weighted by atomic mass is 9.98. The molecule has 2 aromatic carbocycles. The second-order valence-corrected chi connectivity index (χ2v) is 6.16. The molecule has 2 rings (SSSR count). The first-order chi connectivity index (χ1) is 13.3. The van der Waals surface area contributed by atoms with E-state index >= 15 is 0 Å². The van der Waals surface area contributed by atoms with Crippen LogP contribution >= 0.6 is 0 Å². The molecule has 0 saturated heterocycles. The van der Waals surface area contributed by atoms with Crippen LogP contribution in [0.1, 0.15) is 30.6 Å². The zero-order chi connectivity index (χ0) is 20.8. The van der Waals surface area contributed by atoms with E-state index in [0.29, 0.717) is 12.0 Å². The average Bonchev–Trinajstić information content (AvgIpc) is 2.70. The van der Waals surface area contributed by atoms with Gasteiger partial charge in [0, 0.05) is 11.6 Å². The zero-order valence-corrected chi connectivity index (χ0v) is 15.2. The third kappa shape index (κ3) is 4.79. The summed E-state index contributed by atoms with van der Waals surface area (Å²) in [6, 6.07) is 7.13. The number of rotatable bonds is 7. The fraction of sp³-hybridized carbons (Fsp3) is 0.263. The first-order valence-electron chi connectivity index (χ1n) is 8.51. The second kappa shape index (κ2) is 9.20. The summed E-state index contributed by atoms with van der Waals surface area (Å²) in [5.41, 5.74) is 2.99. The van der Waals surface area contributed by atoms with E-state index in [9.17, 15) is 27.2 Å². The quantitative estimate of drug-likeness (QED) is 0.380. The van der Waals surface area contributed by atoms with Crippen molar-refractivity contribution in [2.75, 3.05) is 5.43 Å². The summed E-state index contributed by atoms with van der Waals surface area (Å²) in [6.45, 7) is 3.48. The molecule has 0 heterocycles. The molecular formula is C19H19F4N3O2. The highest BCUT2D eigenvalue weighted by Gasteiger charge is 2.27. The smallest absolute Gasteiger partial charge is 0.261 e. The van der Waals surface area contributed by atoms with Crippen LogP contribution in [0.2, 0.25) is 0 Å². The van der Waals surface area contributed by atoms with Gasteiger partial charge >= 0.3 is 0 Å². The summed E-state index contributed by atoms with van der Waals surface area (Å²) in [6.07, 6.45) is 0.504. The number of hydrazine groups is 1. The van der Waals surface area contributed by atoms with Gasteiger partial charge in [-0.05, 0) is 18.1 Å². The molecule has 0 aliphatic heterocycles. The summed E-state index contributed by atoms with van der Waals surface area (Å²) in [4.78, 5) is 24.8. The Hall–Kier alpha value is -3.10. The maximum Gasteiger partial charge on any atom is 0.261 e. The van der Waals surface area contributed by atoms with Crippen LogP contribution in [0.4, 0.5) is 23.2 Å². The third-order valence-electron chi connectivity index (χ3n) is 4.24. The van der Waals surface area contributed by atoms with Gasteiger partial charge in [0.1, 0.15) is 11.7 Å². The lowest BCUT2D eigenvalue weighted by Crippen LogP contribution is -2.51. The molecule has 2 atom stereocenters. The van der Waals surface area contributed by atoms with Gasteiger partial charge in [-0.3, -0.25) is 20.4 Å². The van der Waals surface area contributed by atoms with E-state index in [0.717, 1.165) is 0 Å². The number of nitrogens with one attached hydrogen (secondary N) is 3. The van der Waals surface area contributed by atoms with Gasteiger partial charge in [-0.1, -0.05) is 38.5 Å². The van der Waals surface area contributed by atoms with Crippen molar-refractivity contribution in [3.05, 3.63) is 65.2 Å². The standard InChI is InChI=1S/C19H19F4N3O2/c1-3-10(2)16(24-18(27)11-7-5-4-6-8-11)19(28)26-25-17-14(22)12(20)9-13(21)15(17)23/h4-10,16,25H,3H2,1-2H3,(H,24,27)(H,26,28). The van der Waals surface area contributed by atoms with Crippen molar-refractivity contribution in [3.63, 3.8) is 0 Å². The van der Waals surface area contributed by atoms with Gasteiger partial charge in [-0.15, -0.1) is 0 Å². The number of hydrogen-bond acceptors (Lipinski definition) is 3. The number of carbonyl (C=O) groups is 2. The Bertz CT molecular complexity index is 836.